The monoisotopic (exact) mass is 325 g/mol. The van der Waals surface area contributed by atoms with Gasteiger partial charge in [-0.15, -0.1) is 11.6 Å². The molecule has 0 unspecified atom stereocenters. The second-order valence-corrected chi connectivity index (χ2v) is 6.09. The van der Waals surface area contributed by atoms with E-state index in [2.05, 4.69) is 0 Å². The van der Waals surface area contributed by atoms with Crippen LogP contribution in [0.3, 0.4) is 0 Å². The molecule has 0 saturated carbocycles. The number of amides is 1. The third kappa shape index (κ3) is 4.62. The van der Waals surface area contributed by atoms with Crippen molar-refractivity contribution in [1.82, 2.24) is 4.90 Å². The summed E-state index contributed by atoms with van der Waals surface area (Å²) in [5.74, 6) is 1.32. The number of nitrogens with zero attached hydrogens (tertiary/aromatic N) is 1. The van der Waals surface area contributed by atoms with E-state index in [1.807, 2.05) is 18.2 Å². The van der Waals surface area contributed by atoms with Crippen LogP contribution in [-0.2, 0) is 0 Å². The average Bonchev–Trinajstić information content (AvgIpc) is 2.56. The lowest BCUT2D eigenvalue weighted by Gasteiger charge is -2.40. The number of rotatable bonds is 6. The first-order chi connectivity index (χ1) is 10.8. The number of benzene rings is 1. The summed E-state index contributed by atoms with van der Waals surface area (Å²) in [7, 11) is 0. The number of likely N-dealkylation sites (tertiary alicyclic amines) is 1. The molecule has 1 fully saturated rings. The van der Waals surface area contributed by atoms with E-state index >= 15 is 0 Å². The number of para-hydroxylation sites is 1. The molecular weight excluding hydrogens is 302 g/mol. The number of hydrogen-bond donors (Lipinski definition) is 1. The summed E-state index contributed by atoms with van der Waals surface area (Å²) in [6, 6.07) is 9.15. The molecule has 0 spiro atoms. The highest BCUT2D eigenvalue weighted by Gasteiger charge is 2.34. The van der Waals surface area contributed by atoms with Gasteiger partial charge in [0.05, 0.1) is 0 Å². The zero-order valence-corrected chi connectivity index (χ0v) is 13.5. The summed E-state index contributed by atoms with van der Waals surface area (Å²) in [6.07, 6.45) is 4.29. The van der Waals surface area contributed by atoms with Crippen molar-refractivity contribution in [1.29, 1.82) is 0 Å². The van der Waals surface area contributed by atoms with Crippen molar-refractivity contribution < 1.29 is 14.6 Å². The van der Waals surface area contributed by atoms with Crippen molar-refractivity contribution in [2.24, 2.45) is 5.92 Å². The van der Waals surface area contributed by atoms with Crippen LogP contribution in [0.5, 0.6) is 5.75 Å². The number of ether oxygens (including phenoxy) is 1. The van der Waals surface area contributed by atoms with Crippen LogP contribution in [0.4, 0.5) is 4.79 Å². The van der Waals surface area contributed by atoms with E-state index < -0.39 is 0 Å². The van der Waals surface area contributed by atoms with Crippen LogP contribution in [0, 0.1) is 5.92 Å². The summed E-state index contributed by atoms with van der Waals surface area (Å²) in [4.78, 5) is 14.3. The molecule has 1 aromatic carbocycles. The molecule has 0 bridgehead atoms. The highest BCUT2D eigenvalue weighted by atomic mass is 35.5. The van der Waals surface area contributed by atoms with Crippen molar-refractivity contribution in [3.05, 3.63) is 30.3 Å². The predicted molar refractivity (Wildman–Crippen MR) is 87.3 cm³/mol. The largest absolute Gasteiger partial charge is 0.415 e. The van der Waals surface area contributed by atoms with Crippen LogP contribution in [0.25, 0.3) is 0 Å². The van der Waals surface area contributed by atoms with Gasteiger partial charge in [-0.1, -0.05) is 24.6 Å². The van der Waals surface area contributed by atoms with Gasteiger partial charge in [-0.25, -0.2) is 4.79 Å². The Balaban J connectivity index is 2.02. The summed E-state index contributed by atoms with van der Waals surface area (Å²) >= 11 is 5.74. The Morgan fingerprint density at radius 3 is 2.77 bits per heavy atom. The number of unbranched alkanes of at least 4 members (excludes halogenated alkanes) is 1. The van der Waals surface area contributed by atoms with Gasteiger partial charge in [0.1, 0.15) is 5.75 Å². The lowest BCUT2D eigenvalue weighted by Crippen LogP contribution is -2.50. The van der Waals surface area contributed by atoms with Gasteiger partial charge in [-0.2, -0.15) is 0 Å². The van der Waals surface area contributed by atoms with Gasteiger partial charge in [0.25, 0.3) is 0 Å². The molecule has 5 heteroatoms. The molecule has 1 aliphatic heterocycles. The van der Waals surface area contributed by atoms with E-state index in [4.69, 9.17) is 16.3 Å². The number of hydrogen-bond acceptors (Lipinski definition) is 3. The Bertz CT molecular complexity index is 454. The van der Waals surface area contributed by atoms with Crippen LogP contribution < -0.4 is 4.74 Å². The van der Waals surface area contributed by atoms with Crippen molar-refractivity contribution in [3.8, 4) is 5.75 Å². The maximum Gasteiger partial charge on any atom is 0.415 e. The molecule has 1 N–H and O–H groups in total. The minimum atomic E-state index is -0.319. The minimum Gasteiger partial charge on any atom is -0.410 e. The molecule has 1 aromatic rings. The third-order valence-electron chi connectivity index (χ3n) is 4.22. The Kier molecular flexibility index (Phi) is 7.00. The van der Waals surface area contributed by atoms with E-state index in [0.29, 0.717) is 18.2 Å². The van der Waals surface area contributed by atoms with Gasteiger partial charge in [-0.05, 0) is 37.8 Å². The van der Waals surface area contributed by atoms with Gasteiger partial charge in [0, 0.05) is 31.0 Å². The van der Waals surface area contributed by atoms with Gasteiger partial charge < -0.3 is 14.7 Å². The Morgan fingerprint density at radius 2 is 2.09 bits per heavy atom. The summed E-state index contributed by atoms with van der Waals surface area (Å²) < 4.78 is 5.46. The SMILES string of the molecule is O=C(Oc1ccccc1)N1CCC[C@H](CO)[C@H]1CCCCCl. The van der Waals surface area contributed by atoms with Crippen molar-refractivity contribution in [2.45, 2.75) is 38.1 Å². The second-order valence-electron chi connectivity index (χ2n) is 5.71. The maximum absolute atomic E-state index is 12.5. The molecule has 0 aromatic heterocycles. The van der Waals surface area contributed by atoms with Crippen molar-refractivity contribution in [3.63, 3.8) is 0 Å². The third-order valence-corrected chi connectivity index (χ3v) is 4.49. The highest BCUT2D eigenvalue weighted by molar-refractivity contribution is 6.17. The molecule has 0 radical (unpaired) electrons. The molecule has 2 atom stereocenters. The van der Waals surface area contributed by atoms with Crippen LogP contribution in [0.2, 0.25) is 0 Å². The number of carbonyl (C=O) groups excluding carboxylic acids is 1. The number of aliphatic hydroxyl groups excluding tert-OH is 1. The van der Waals surface area contributed by atoms with E-state index in [9.17, 15) is 9.90 Å². The van der Waals surface area contributed by atoms with Gasteiger partial charge in [0.15, 0.2) is 0 Å². The quantitative estimate of drug-likeness (QED) is 0.641. The van der Waals surface area contributed by atoms with Crippen LogP contribution >= 0.6 is 11.6 Å². The first-order valence-corrected chi connectivity index (χ1v) is 8.50. The standard InChI is InChI=1S/C17H24ClNO3/c18-11-5-4-10-16-14(13-20)7-6-12-19(16)17(21)22-15-8-2-1-3-9-15/h1-3,8-9,14,16,20H,4-7,10-13H2/t14-,16-/m1/s1. The number of aliphatic hydroxyl groups is 1. The highest BCUT2D eigenvalue weighted by Crippen LogP contribution is 2.28. The van der Waals surface area contributed by atoms with Crippen molar-refractivity contribution >= 4 is 17.7 Å². The molecule has 0 aliphatic carbocycles. The van der Waals surface area contributed by atoms with Gasteiger partial charge in [0.2, 0.25) is 0 Å². The lowest BCUT2D eigenvalue weighted by molar-refractivity contribution is 0.0528. The molecule has 22 heavy (non-hydrogen) atoms. The smallest absolute Gasteiger partial charge is 0.410 e. The van der Waals surface area contributed by atoms with Gasteiger partial charge in [-0.3, -0.25) is 0 Å². The Hall–Kier alpha value is -1.26. The molecule has 122 valence electrons. The second kappa shape index (κ2) is 9.01. The summed E-state index contributed by atoms with van der Waals surface area (Å²) in [5.41, 5.74) is 0. The van der Waals surface area contributed by atoms with Crippen LogP contribution in [0.15, 0.2) is 30.3 Å². The molecule has 1 heterocycles. The predicted octanol–water partition coefficient (Wildman–Crippen LogP) is 3.67. The van der Waals surface area contributed by atoms with E-state index in [1.54, 1.807) is 17.0 Å². The molecule has 1 aliphatic rings. The lowest BCUT2D eigenvalue weighted by atomic mass is 9.87. The normalized spacial score (nSPS) is 21.6. The molecule has 1 amide bonds. The molecular formula is C17H24ClNO3. The van der Waals surface area contributed by atoms with E-state index in [1.165, 1.54) is 0 Å². The number of piperidine rings is 1. The molecule has 1 saturated heterocycles. The van der Waals surface area contributed by atoms with E-state index in [-0.39, 0.29) is 24.7 Å². The molecule has 4 nitrogen and oxygen atoms in total. The zero-order valence-electron chi connectivity index (χ0n) is 12.8. The molecule has 2 rings (SSSR count). The number of alkyl halides is 1. The average molecular weight is 326 g/mol. The summed E-state index contributed by atoms with van der Waals surface area (Å²) in [6.45, 7) is 0.800. The first-order valence-electron chi connectivity index (χ1n) is 7.96. The van der Waals surface area contributed by atoms with E-state index in [0.717, 1.165) is 32.1 Å². The fourth-order valence-electron chi connectivity index (χ4n) is 3.06. The minimum absolute atomic E-state index is 0.0400. The van der Waals surface area contributed by atoms with Crippen LogP contribution in [-0.4, -0.2) is 41.2 Å². The van der Waals surface area contributed by atoms with Crippen molar-refractivity contribution in [2.75, 3.05) is 19.0 Å². The first kappa shape index (κ1) is 17.1. The zero-order chi connectivity index (χ0) is 15.8. The topological polar surface area (TPSA) is 49.8 Å². The summed E-state index contributed by atoms with van der Waals surface area (Å²) in [5, 5.41) is 9.60. The van der Waals surface area contributed by atoms with Crippen LogP contribution in [0.1, 0.15) is 32.1 Å². The van der Waals surface area contributed by atoms with Gasteiger partial charge >= 0.3 is 6.09 Å². The maximum atomic E-state index is 12.5. The number of halogens is 1. The number of carbonyl (C=O) groups is 1. The Morgan fingerprint density at radius 1 is 1.32 bits per heavy atom. The fraction of sp³-hybridized carbons (Fsp3) is 0.588. The Labute approximate surface area is 137 Å². The fourth-order valence-corrected chi connectivity index (χ4v) is 3.25.